The van der Waals surface area contributed by atoms with Gasteiger partial charge in [-0.15, -0.1) is 0 Å². The number of carbonyl (C=O) groups excluding carboxylic acids is 1. The van der Waals surface area contributed by atoms with Crippen LogP contribution in [0.2, 0.25) is 5.02 Å². The quantitative estimate of drug-likeness (QED) is 0.251. The first-order chi connectivity index (χ1) is 17.5. The highest BCUT2D eigenvalue weighted by molar-refractivity contribution is 8.20. The van der Waals surface area contributed by atoms with Crippen LogP contribution in [-0.4, -0.2) is 17.6 Å². The van der Waals surface area contributed by atoms with E-state index < -0.39 is 0 Å². The Kier molecular flexibility index (Phi) is 6.04. The molecule has 2 heterocycles. The topological polar surface area (TPSA) is 35.9 Å². The molecule has 1 fully saturated rings. The summed E-state index contributed by atoms with van der Waals surface area (Å²) in [5.41, 5.74) is 3.78. The average Bonchev–Trinajstić information content (AvgIpc) is 3.40. The van der Waals surface area contributed by atoms with Crippen molar-refractivity contribution in [2.24, 2.45) is 4.99 Å². The number of amides is 1. The van der Waals surface area contributed by atoms with Gasteiger partial charge in [-0.25, -0.2) is 4.99 Å². The lowest BCUT2D eigenvalue weighted by atomic mass is 10.1. The van der Waals surface area contributed by atoms with Crippen LogP contribution in [0.5, 0.6) is 0 Å². The summed E-state index contributed by atoms with van der Waals surface area (Å²) in [4.78, 5) is 24.8. The lowest BCUT2D eigenvalue weighted by Crippen LogP contribution is -2.29. The van der Waals surface area contributed by atoms with Gasteiger partial charge in [-0.3, -0.25) is 9.69 Å². The minimum atomic E-state index is -0.0653. The van der Waals surface area contributed by atoms with Gasteiger partial charge in [-0.1, -0.05) is 71.9 Å². The molecule has 36 heavy (non-hydrogen) atoms. The molecule has 2 aliphatic rings. The maximum absolute atomic E-state index is 14.0. The van der Waals surface area contributed by atoms with Crippen molar-refractivity contribution >= 4 is 74.0 Å². The van der Waals surface area contributed by atoms with Gasteiger partial charge in [-0.05, 0) is 73.0 Å². The number of thioether (sulfide) groups is 2. The van der Waals surface area contributed by atoms with E-state index in [1.54, 1.807) is 16.7 Å². The minimum absolute atomic E-state index is 0.0653. The molecule has 4 aromatic rings. The first-order valence-electron chi connectivity index (χ1n) is 11.7. The predicted molar refractivity (Wildman–Crippen MR) is 155 cm³/mol. The van der Waals surface area contributed by atoms with E-state index in [2.05, 4.69) is 30.0 Å². The molecule has 0 spiro atoms. The van der Waals surface area contributed by atoms with Crippen LogP contribution in [0.25, 0.3) is 10.8 Å². The standard InChI is InChI=1S/C29H22ClN3OS2/c1-3-32-24-17-20(30)14-15-25(24)35-28(32)26-27(34)33(21-11-6-8-18(2)16-21)29(36-26)31-23-13-7-10-19-9-4-5-12-22(19)23/h4-17H,3H2,1-2H3. The fraction of sp³-hybridized carbons (Fsp3) is 0.103. The van der Waals surface area contributed by atoms with Crippen molar-refractivity contribution < 1.29 is 4.79 Å². The molecule has 0 saturated carbocycles. The van der Waals surface area contributed by atoms with Crippen molar-refractivity contribution in [3.63, 3.8) is 0 Å². The van der Waals surface area contributed by atoms with Gasteiger partial charge >= 0.3 is 0 Å². The van der Waals surface area contributed by atoms with Gasteiger partial charge in [0.1, 0.15) is 9.93 Å². The van der Waals surface area contributed by atoms with Crippen LogP contribution in [0.3, 0.4) is 0 Å². The van der Waals surface area contributed by atoms with Crippen LogP contribution in [-0.2, 0) is 4.79 Å². The van der Waals surface area contributed by atoms with Crippen molar-refractivity contribution in [3.05, 3.63) is 105 Å². The van der Waals surface area contributed by atoms with Gasteiger partial charge in [0.2, 0.25) is 0 Å². The number of aryl methyl sites for hydroxylation is 1. The SMILES string of the molecule is CCN1C(=C2SC(=Nc3cccc4ccccc34)N(c3cccc(C)c3)C2=O)Sc2ccc(Cl)cc21. The molecule has 2 aliphatic heterocycles. The largest absolute Gasteiger partial charge is 0.334 e. The Balaban J connectivity index is 1.52. The molecule has 0 bridgehead atoms. The summed E-state index contributed by atoms with van der Waals surface area (Å²) in [6, 6.07) is 28.1. The molecular weight excluding hydrogens is 506 g/mol. The summed E-state index contributed by atoms with van der Waals surface area (Å²) < 4.78 is 0. The normalized spacial score (nSPS) is 18.5. The number of benzene rings is 4. The maximum Gasteiger partial charge on any atom is 0.274 e. The van der Waals surface area contributed by atoms with Gasteiger partial charge < -0.3 is 4.90 Å². The van der Waals surface area contributed by atoms with Crippen LogP contribution in [0, 0.1) is 6.92 Å². The maximum atomic E-state index is 14.0. The third-order valence-corrected chi connectivity index (χ3v) is 8.77. The van der Waals surface area contributed by atoms with Gasteiger partial charge in [-0.2, -0.15) is 0 Å². The predicted octanol–water partition coefficient (Wildman–Crippen LogP) is 8.37. The molecule has 1 saturated heterocycles. The highest BCUT2D eigenvalue weighted by atomic mass is 35.5. The third-order valence-electron chi connectivity index (χ3n) is 6.20. The lowest BCUT2D eigenvalue weighted by molar-refractivity contribution is -0.113. The molecular formula is C29H22ClN3OS2. The molecule has 7 heteroatoms. The molecule has 4 nitrogen and oxygen atoms in total. The highest BCUT2D eigenvalue weighted by Gasteiger charge is 2.40. The second-order valence-corrected chi connectivity index (χ2v) is 11.0. The van der Waals surface area contributed by atoms with Crippen LogP contribution in [0.15, 0.2) is 105 Å². The number of amidine groups is 1. The summed E-state index contributed by atoms with van der Waals surface area (Å²) >= 11 is 9.36. The Morgan fingerprint density at radius 1 is 0.917 bits per heavy atom. The molecule has 0 radical (unpaired) electrons. The number of hydrogen-bond acceptors (Lipinski definition) is 5. The molecule has 0 aliphatic carbocycles. The number of nitrogens with zero attached hydrogens (tertiary/aromatic N) is 3. The van der Waals surface area contributed by atoms with Crippen LogP contribution >= 0.6 is 35.1 Å². The van der Waals surface area contributed by atoms with Gasteiger partial charge in [0.15, 0.2) is 5.17 Å². The summed E-state index contributed by atoms with van der Waals surface area (Å²) in [6.07, 6.45) is 0. The number of hydrogen-bond donors (Lipinski definition) is 0. The zero-order valence-corrected chi connectivity index (χ0v) is 22.1. The molecule has 4 aromatic carbocycles. The number of halogens is 1. The summed E-state index contributed by atoms with van der Waals surface area (Å²) in [5, 5.41) is 4.42. The van der Waals surface area contributed by atoms with Crippen LogP contribution < -0.4 is 9.80 Å². The number of fused-ring (bicyclic) bond motifs is 2. The van der Waals surface area contributed by atoms with Crippen molar-refractivity contribution in [1.82, 2.24) is 0 Å². The van der Waals surface area contributed by atoms with Crippen LogP contribution in [0.4, 0.5) is 17.1 Å². The Morgan fingerprint density at radius 2 is 1.72 bits per heavy atom. The summed E-state index contributed by atoms with van der Waals surface area (Å²) in [7, 11) is 0. The average molecular weight is 528 g/mol. The Morgan fingerprint density at radius 3 is 2.56 bits per heavy atom. The van der Waals surface area contributed by atoms with Crippen molar-refractivity contribution in [2.45, 2.75) is 18.7 Å². The van der Waals surface area contributed by atoms with E-state index in [-0.39, 0.29) is 5.91 Å². The number of anilines is 2. The number of carbonyl (C=O) groups is 1. The van der Waals surface area contributed by atoms with Crippen LogP contribution in [0.1, 0.15) is 12.5 Å². The van der Waals surface area contributed by atoms with Gasteiger partial charge in [0, 0.05) is 21.8 Å². The monoisotopic (exact) mass is 527 g/mol. The van der Waals surface area contributed by atoms with Crippen molar-refractivity contribution in [1.29, 1.82) is 0 Å². The molecule has 6 rings (SSSR count). The second-order valence-electron chi connectivity index (χ2n) is 8.57. The molecule has 178 valence electrons. The van der Waals surface area contributed by atoms with Crippen molar-refractivity contribution in [3.8, 4) is 0 Å². The Labute approximate surface area is 223 Å². The van der Waals surface area contributed by atoms with E-state index in [4.69, 9.17) is 16.6 Å². The van der Waals surface area contributed by atoms with E-state index in [9.17, 15) is 4.79 Å². The molecule has 0 N–H and O–H groups in total. The van der Waals surface area contributed by atoms with E-state index in [0.29, 0.717) is 15.1 Å². The minimum Gasteiger partial charge on any atom is -0.334 e. The molecule has 0 atom stereocenters. The number of aliphatic imine (C=N–C) groups is 1. The van der Waals surface area contributed by atoms with Gasteiger partial charge in [0.05, 0.1) is 17.1 Å². The molecule has 0 aromatic heterocycles. The summed E-state index contributed by atoms with van der Waals surface area (Å²) in [5.74, 6) is -0.0653. The fourth-order valence-electron chi connectivity index (χ4n) is 4.52. The fourth-order valence-corrected chi connectivity index (χ4v) is 7.05. The summed E-state index contributed by atoms with van der Waals surface area (Å²) in [6.45, 7) is 4.85. The lowest BCUT2D eigenvalue weighted by Gasteiger charge is -2.19. The van der Waals surface area contributed by atoms with Crippen molar-refractivity contribution in [2.75, 3.05) is 16.3 Å². The third kappa shape index (κ3) is 3.99. The smallest absolute Gasteiger partial charge is 0.274 e. The first kappa shape index (κ1) is 23.2. The number of rotatable bonds is 3. The second kappa shape index (κ2) is 9.36. The van der Waals surface area contributed by atoms with Gasteiger partial charge in [0.25, 0.3) is 5.91 Å². The van der Waals surface area contributed by atoms with E-state index >= 15 is 0 Å². The van der Waals surface area contributed by atoms with E-state index in [1.165, 1.54) is 11.8 Å². The first-order valence-corrected chi connectivity index (χ1v) is 13.7. The Hall–Kier alpha value is -3.19. The Bertz CT molecular complexity index is 1590. The van der Waals surface area contributed by atoms with E-state index in [1.807, 2.05) is 73.7 Å². The zero-order valence-electron chi connectivity index (χ0n) is 19.7. The molecule has 0 unspecified atom stereocenters. The highest BCUT2D eigenvalue weighted by Crippen LogP contribution is 2.52. The zero-order chi connectivity index (χ0) is 24.8. The molecule has 1 amide bonds. The van der Waals surface area contributed by atoms with E-state index in [0.717, 1.165) is 49.9 Å².